The van der Waals surface area contributed by atoms with E-state index in [9.17, 15) is 24.9 Å². The van der Waals surface area contributed by atoms with Crippen molar-refractivity contribution in [2.45, 2.75) is 102 Å². The number of Topliss-reactive ketones (excluding diaryl/α,β-unsaturated/α-hetero) is 1. The zero-order chi connectivity index (χ0) is 34.4. The number of aliphatic hydroxyl groups is 3. The summed E-state index contributed by atoms with van der Waals surface area (Å²) in [6.45, 7) is 5.04. The summed E-state index contributed by atoms with van der Waals surface area (Å²) in [5, 5.41) is 34.3. The van der Waals surface area contributed by atoms with Gasteiger partial charge in [0.25, 0.3) is 0 Å². The monoisotopic (exact) mass is 671 g/mol. The van der Waals surface area contributed by atoms with Crippen molar-refractivity contribution < 1.29 is 43.9 Å². The lowest BCUT2D eigenvalue weighted by Gasteiger charge is -2.34. The Morgan fingerprint density at radius 2 is 1.88 bits per heavy atom. The Hall–Kier alpha value is -3.99. The molecule has 0 radical (unpaired) electrons. The number of benzene rings is 2. The third-order valence-corrected chi connectivity index (χ3v) is 10.5. The lowest BCUT2D eigenvalue weighted by atomic mass is 9.72. The van der Waals surface area contributed by atoms with Crippen LogP contribution in [0.5, 0.6) is 17.2 Å². The van der Waals surface area contributed by atoms with E-state index in [2.05, 4.69) is 4.99 Å². The zero-order valence-electron chi connectivity index (χ0n) is 28.4. The predicted octanol–water partition coefficient (Wildman–Crippen LogP) is 3.73. The summed E-state index contributed by atoms with van der Waals surface area (Å²) in [6, 6.07) is 5.88. The molecule has 2 saturated carbocycles. The van der Waals surface area contributed by atoms with Crippen molar-refractivity contribution in [1.82, 2.24) is 0 Å². The lowest BCUT2D eigenvalue weighted by molar-refractivity contribution is -0.141. The van der Waals surface area contributed by atoms with Crippen LogP contribution in [-0.2, 0) is 27.4 Å². The topological polar surface area (TPSA) is 144 Å². The average Bonchev–Trinajstić information content (AvgIpc) is 3.76. The van der Waals surface area contributed by atoms with Gasteiger partial charge in [-0.1, -0.05) is 24.1 Å². The van der Waals surface area contributed by atoms with Crippen molar-refractivity contribution in [2.24, 2.45) is 10.9 Å². The van der Waals surface area contributed by atoms with Crippen molar-refractivity contribution in [3.8, 4) is 17.2 Å². The molecule has 260 valence electrons. The van der Waals surface area contributed by atoms with Crippen molar-refractivity contribution in [3.63, 3.8) is 0 Å². The Morgan fingerprint density at radius 1 is 1.08 bits per heavy atom. The maximum atomic E-state index is 13.9. The van der Waals surface area contributed by atoms with E-state index in [-0.39, 0.29) is 43.0 Å². The van der Waals surface area contributed by atoms with Crippen LogP contribution < -0.4 is 24.8 Å². The molecule has 2 aromatic rings. The molecule has 2 fully saturated rings. The van der Waals surface area contributed by atoms with Gasteiger partial charge in [-0.25, -0.2) is 4.79 Å². The third-order valence-electron chi connectivity index (χ3n) is 10.5. The molecule has 10 heteroatoms. The van der Waals surface area contributed by atoms with Gasteiger partial charge in [0.15, 0.2) is 0 Å². The molecule has 5 aliphatic rings. The van der Waals surface area contributed by atoms with Crippen LogP contribution in [-0.4, -0.2) is 64.6 Å². The Balaban J connectivity index is 1.46. The molecule has 3 N–H and O–H groups in total. The number of carbonyl (C=O) groups is 2. The van der Waals surface area contributed by atoms with Gasteiger partial charge in [0.05, 0.1) is 54.6 Å². The van der Waals surface area contributed by atoms with Crippen LogP contribution in [0.25, 0.3) is 11.6 Å². The summed E-state index contributed by atoms with van der Waals surface area (Å²) in [4.78, 5) is 31.7. The second kappa shape index (κ2) is 13.4. The second-order valence-corrected chi connectivity index (χ2v) is 14.3. The highest BCUT2D eigenvalue weighted by atomic mass is 16.6. The van der Waals surface area contributed by atoms with E-state index in [1.807, 2.05) is 24.3 Å². The van der Waals surface area contributed by atoms with Gasteiger partial charge in [0, 0.05) is 23.8 Å². The maximum absolute atomic E-state index is 13.9. The molecule has 3 aliphatic heterocycles. The van der Waals surface area contributed by atoms with Gasteiger partial charge in [-0.15, -0.1) is 0 Å². The van der Waals surface area contributed by atoms with E-state index in [4.69, 9.17) is 18.9 Å². The molecule has 3 heterocycles. The Bertz CT molecular complexity index is 1860. The quantitative estimate of drug-likeness (QED) is 0.358. The number of hydrogen-bond acceptors (Lipinski definition) is 10. The summed E-state index contributed by atoms with van der Waals surface area (Å²) in [7, 11) is 0. The maximum Gasteiger partial charge on any atom is 0.374 e. The van der Waals surface area contributed by atoms with E-state index in [1.54, 1.807) is 26.8 Å². The van der Waals surface area contributed by atoms with E-state index < -0.39 is 36.1 Å². The summed E-state index contributed by atoms with van der Waals surface area (Å²) in [6.07, 6.45) is 8.96. The van der Waals surface area contributed by atoms with Crippen LogP contribution in [0.15, 0.2) is 40.6 Å². The summed E-state index contributed by atoms with van der Waals surface area (Å²) in [5.74, 6) is -0.783. The van der Waals surface area contributed by atoms with E-state index in [0.717, 1.165) is 59.4 Å². The first-order valence-electron chi connectivity index (χ1n) is 17.6. The fourth-order valence-electron chi connectivity index (χ4n) is 7.90. The molecule has 3 unspecified atom stereocenters. The van der Waals surface area contributed by atoms with Gasteiger partial charge in [0.2, 0.25) is 5.76 Å². The van der Waals surface area contributed by atoms with Gasteiger partial charge in [-0.3, -0.25) is 9.79 Å². The van der Waals surface area contributed by atoms with E-state index in [0.29, 0.717) is 47.6 Å². The summed E-state index contributed by atoms with van der Waals surface area (Å²) < 4.78 is 25.0. The first-order chi connectivity index (χ1) is 23.6. The molecule has 2 aromatic carbocycles. The molecule has 0 aromatic heterocycles. The van der Waals surface area contributed by atoms with E-state index in [1.165, 1.54) is 0 Å². The number of ketones is 1. The number of rotatable bonds is 8. The van der Waals surface area contributed by atoms with Gasteiger partial charge >= 0.3 is 5.97 Å². The van der Waals surface area contributed by atoms with Crippen LogP contribution in [0.2, 0.25) is 0 Å². The molecule has 49 heavy (non-hydrogen) atoms. The number of aliphatic hydroxyl groups excluding tert-OH is 2. The number of nitrogens with zero attached hydrogens (tertiary/aromatic N) is 1. The number of ether oxygens (including phenoxy) is 4. The van der Waals surface area contributed by atoms with Gasteiger partial charge < -0.3 is 34.3 Å². The number of allylic oxidation sites excluding steroid dienone is 3. The average molecular weight is 672 g/mol. The number of hydrogen-bond donors (Lipinski definition) is 3. The molecule has 0 bridgehead atoms. The molecular formula is C39H45NO9. The lowest BCUT2D eigenvalue weighted by Crippen LogP contribution is -2.39. The Kier molecular flexibility index (Phi) is 9.15. The van der Waals surface area contributed by atoms with Crippen LogP contribution in [0.4, 0.5) is 0 Å². The number of esters is 1. The summed E-state index contributed by atoms with van der Waals surface area (Å²) in [5.41, 5.74) is 2.83. The third kappa shape index (κ3) is 6.19. The predicted molar refractivity (Wildman–Crippen MR) is 181 cm³/mol. The minimum Gasteiger partial charge on any atom is -0.489 e. The van der Waals surface area contributed by atoms with Crippen molar-refractivity contribution in [1.29, 1.82) is 0 Å². The minimum atomic E-state index is -1.20. The minimum absolute atomic E-state index is 0.0336. The molecule has 3 atom stereocenters. The van der Waals surface area contributed by atoms with Crippen LogP contribution in [0, 0.1) is 5.92 Å². The highest BCUT2D eigenvalue weighted by molar-refractivity contribution is 5.98. The van der Waals surface area contributed by atoms with Gasteiger partial charge in [-0.2, -0.15) is 0 Å². The Morgan fingerprint density at radius 3 is 2.59 bits per heavy atom. The molecule has 0 amide bonds. The van der Waals surface area contributed by atoms with Crippen LogP contribution >= 0.6 is 0 Å². The molecule has 0 spiro atoms. The fourth-order valence-corrected chi connectivity index (χ4v) is 7.90. The van der Waals surface area contributed by atoms with Crippen molar-refractivity contribution in [3.05, 3.63) is 68.4 Å². The molecular weight excluding hydrogens is 626 g/mol. The normalized spacial score (nSPS) is 24.8. The molecule has 7 rings (SSSR count). The SMILES string of the molecule is CCOC(=O)C1=CC(=C2CC(CO)C(=O)C(c3ccc4c(c3)=CCN=4)C2)c2c(c(CO)c3c(c2OC2CCCCC2)CC(C(C)(C)O)O3)O1. The number of carbonyl (C=O) groups excluding carboxylic acids is 2. The molecule has 0 saturated heterocycles. The fraction of sp³-hybridized carbons (Fsp3) is 0.513. The van der Waals surface area contributed by atoms with Crippen molar-refractivity contribution >= 4 is 23.4 Å². The Labute approximate surface area is 285 Å². The van der Waals surface area contributed by atoms with E-state index >= 15 is 0 Å². The second-order valence-electron chi connectivity index (χ2n) is 14.3. The summed E-state index contributed by atoms with van der Waals surface area (Å²) >= 11 is 0. The van der Waals surface area contributed by atoms with Crippen LogP contribution in [0.3, 0.4) is 0 Å². The number of fused-ring (bicyclic) bond motifs is 3. The van der Waals surface area contributed by atoms with Crippen molar-refractivity contribution in [2.75, 3.05) is 19.8 Å². The standard InChI is InChI=1S/C39H45NO9/c1-4-46-38(44)31-17-26(23-15-24(19-41)34(43)27(16-23)21-10-11-30-22(14-21)12-13-40-30)33-36(47-25-8-6-5-7-9-25)28-18-32(39(2,3)45)49-35(28)29(20-42)37(33)48-31/h10-12,14,17,24-25,27,32,41-42,45H,4-9,13,15-16,18-20H2,1-3H3. The highest BCUT2D eigenvalue weighted by Gasteiger charge is 2.44. The van der Waals surface area contributed by atoms with Gasteiger partial charge in [0.1, 0.15) is 29.1 Å². The van der Waals surface area contributed by atoms with Crippen LogP contribution in [0.1, 0.15) is 93.9 Å². The largest absolute Gasteiger partial charge is 0.489 e. The first kappa shape index (κ1) is 33.5. The first-order valence-corrected chi connectivity index (χ1v) is 17.6. The highest BCUT2D eigenvalue weighted by Crippen LogP contribution is 2.55. The molecule has 2 aliphatic carbocycles. The zero-order valence-corrected chi connectivity index (χ0v) is 28.4. The van der Waals surface area contributed by atoms with Gasteiger partial charge in [-0.05, 0) is 93.9 Å². The smallest absolute Gasteiger partial charge is 0.374 e. The molecule has 10 nitrogen and oxygen atoms in total.